The molecule has 1 aliphatic heterocycles. The Morgan fingerprint density at radius 2 is 1.86 bits per heavy atom. The van der Waals surface area contributed by atoms with Crippen LogP contribution < -0.4 is 9.47 Å². The minimum Gasteiger partial charge on any atom is -0.497 e. The lowest BCUT2D eigenvalue weighted by molar-refractivity contribution is -0.164. The van der Waals surface area contributed by atoms with Gasteiger partial charge in [-0.25, -0.2) is 9.59 Å². The van der Waals surface area contributed by atoms with Crippen molar-refractivity contribution in [3.05, 3.63) is 23.8 Å². The molecule has 0 spiro atoms. The third-order valence-electron chi connectivity index (χ3n) is 5.28. The topological polar surface area (TPSA) is 94.5 Å². The van der Waals surface area contributed by atoms with Gasteiger partial charge in [-0.3, -0.25) is 4.90 Å². The minimum absolute atomic E-state index is 0.0397. The van der Waals surface area contributed by atoms with Crippen LogP contribution in [0.15, 0.2) is 18.2 Å². The Balaban J connectivity index is 2.10. The molecule has 1 unspecified atom stereocenters. The average Bonchev–Trinajstić information content (AvgIpc) is 3.42. The number of carbonyl (C=O) groups excluding carboxylic acids is 1. The number of carboxylic acid groups (broad SMARTS) is 1. The molecule has 1 saturated heterocycles. The summed E-state index contributed by atoms with van der Waals surface area (Å²) >= 11 is 0. The first-order valence-electron chi connectivity index (χ1n) is 9.66. The molecule has 3 rings (SSSR count). The van der Waals surface area contributed by atoms with Crippen LogP contribution in [0.5, 0.6) is 11.5 Å². The summed E-state index contributed by atoms with van der Waals surface area (Å²) in [6, 6.07) is 4.47. The van der Waals surface area contributed by atoms with Gasteiger partial charge in [-0.05, 0) is 58.6 Å². The highest BCUT2D eigenvalue weighted by Crippen LogP contribution is 2.52. The van der Waals surface area contributed by atoms with E-state index in [2.05, 4.69) is 0 Å². The Bertz CT molecular complexity index is 799. The number of methoxy groups -OCH3 is 2. The number of amides is 1. The van der Waals surface area contributed by atoms with Gasteiger partial charge in [0.05, 0.1) is 20.3 Å². The molecule has 3 atom stereocenters. The van der Waals surface area contributed by atoms with E-state index in [1.165, 1.54) is 26.0 Å². The van der Waals surface area contributed by atoms with Gasteiger partial charge in [0.2, 0.25) is 0 Å². The smallest absolute Gasteiger partial charge is 0.413 e. The van der Waals surface area contributed by atoms with Gasteiger partial charge in [-0.1, -0.05) is 0 Å². The molecule has 0 bridgehead atoms. The molecule has 1 amide bonds. The van der Waals surface area contributed by atoms with Gasteiger partial charge in [0, 0.05) is 11.6 Å². The highest BCUT2D eigenvalue weighted by atomic mass is 16.6. The van der Waals surface area contributed by atoms with Crippen LogP contribution in [0.25, 0.3) is 0 Å². The molecule has 160 valence electrons. The standard InChI is InChI=1S/C21H29NO7/c1-20(2,3)29-19(25)22-16(12-7-8-12)21(4,18(23)24)28-17(22)14-10-9-13(26-5)11-15(14)27-6/h9-12,16-17H,7-8H2,1-6H3,(H,23,24)/t16-,17?,21+/m0/s1. The molecule has 2 fully saturated rings. The quantitative estimate of drug-likeness (QED) is 0.797. The van der Waals surface area contributed by atoms with Gasteiger partial charge in [0.15, 0.2) is 11.8 Å². The number of carboxylic acids is 1. The van der Waals surface area contributed by atoms with Crippen LogP contribution in [-0.2, 0) is 14.3 Å². The summed E-state index contributed by atoms with van der Waals surface area (Å²) in [5, 5.41) is 9.97. The normalized spacial score (nSPS) is 26.9. The Hall–Kier alpha value is -2.48. The molecule has 0 aromatic heterocycles. The van der Waals surface area contributed by atoms with E-state index >= 15 is 0 Å². The number of aliphatic carboxylic acids is 1. The van der Waals surface area contributed by atoms with Gasteiger partial charge in [0.25, 0.3) is 0 Å². The third-order valence-corrected chi connectivity index (χ3v) is 5.28. The minimum atomic E-state index is -1.56. The molecule has 1 aromatic rings. The lowest BCUT2D eigenvalue weighted by Gasteiger charge is -2.33. The first kappa shape index (κ1) is 21.2. The summed E-state index contributed by atoms with van der Waals surface area (Å²) in [5.41, 5.74) is -1.76. The number of hydrogen-bond acceptors (Lipinski definition) is 6. The zero-order valence-electron chi connectivity index (χ0n) is 17.7. The molecule has 1 aliphatic carbocycles. The lowest BCUT2D eigenvalue weighted by atomic mass is 9.92. The Kier molecular flexibility index (Phi) is 5.42. The predicted molar refractivity (Wildman–Crippen MR) is 104 cm³/mol. The Labute approximate surface area is 170 Å². The van der Waals surface area contributed by atoms with Crippen LogP contribution >= 0.6 is 0 Å². The number of benzene rings is 1. The molecular weight excluding hydrogens is 378 g/mol. The van der Waals surface area contributed by atoms with E-state index in [0.717, 1.165) is 12.8 Å². The van der Waals surface area contributed by atoms with E-state index in [4.69, 9.17) is 18.9 Å². The van der Waals surface area contributed by atoms with E-state index in [1.54, 1.807) is 39.0 Å². The Morgan fingerprint density at radius 3 is 2.34 bits per heavy atom. The fraction of sp³-hybridized carbons (Fsp3) is 0.619. The summed E-state index contributed by atoms with van der Waals surface area (Å²) in [6.07, 6.45) is 0.102. The molecule has 8 heteroatoms. The molecule has 8 nitrogen and oxygen atoms in total. The monoisotopic (exact) mass is 407 g/mol. The fourth-order valence-corrected chi connectivity index (χ4v) is 3.80. The van der Waals surface area contributed by atoms with Crippen LogP contribution in [0, 0.1) is 5.92 Å². The zero-order valence-corrected chi connectivity index (χ0v) is 17.7. The van der Waals surface area contributed by atoms with Crippen molar-refractivity contribution in [3.63, 3.8) is 0 Å². The van der Waals surface area contributed by atoms with Gasteiger partial charge >= 0.3 is 12.1 Å². The molecule has 1 aromatic carbocycles. The first-order chi connectivity index (χ1) is 13.5. The largest absolute Gasteiger partial charge is 0.497 e. The second kappa shape index (κ2) is 7.40. The second-order valence-corrected chi connectivity index (χ2v) is 8.66. The highest BCUT2D eigenvalue weighted by molar-refractivity contribution is 5.81. The summed E-state index contributed by atoms with van der Waals surface area (Å²) < 4.78 is 22.4. The lowest BCUT2D eigenvalue weighted by Crippen LogP contribution is -2.52. The number of rotatable bonds is 5. The predicted octanol–water partition coefficient (Wildman–Crippen LogP) is 3.59. The molecule has 0 radical (unpaired) electrons. The second-order valence-electron chi connectivity index (χ2n) is 8.66. The zero-order chi connectivity index (χ0) is 21.6. The van der Waals surface area contributed by atoms with Gasteiger partial charge in [-0.15, -0.1) is 0 Å². The van der Waals surface area contributed by atoms with E-state index in [9.17, 15) is 14.7 Å². The van der Waals surface area contributed by atoms with E-state index in [-0.39, 0.29) is 5.92 Å². The van der Waals surface area contributed by atoms with E-state index in [1.807, 2.05) is 0 Å². The first-order valence-corrected chi connectivity index (χ1v) is 9.66. The van der Waals surface area contributed by atoms with E-state index in [0.29, 0.717) is 17.1 Å². The highest BCUT2D eigenvalue weighted by Gasteiger charge is 2.63. The molecule has 29 heavy (non-hydrogen) atoms. The van der Waals surface area contributed by atoms with Crippen molar-refractivity contribution in [2.45, 2.75) is 64.0 Å². The van der Waals surface area contributed by atoms with Crippen LogP contribution in [0.4, 0.5) is 4.79 Å². The average molecular weight is 407 g/mol. The maximum atomic E-state index is 13.2. The molecule has 2 aliphatic rings. The maximum absolute atomic E-state index is 13.2. The van der Waals surface area contributed by atoms with Crippen LogP contribution in [0.3, 0.4) is 0 Å². The maximum Gasteiger partial charge on any atom is 0.413 e. The summed E-state index contributed by atoms with van der Waals surface area (Å²) in [4.78, 5) is 26.8. The summed E-state index contributed by atoms with van der Waals surface area (Å²) in [6.45, 7) is 6.83. The van der Waals surface area contributed by atoms with Crippen molar-refractivity contribution in [2.24, 2.45) is 5.92 Å². The van der Waals surface area contributed by atoms with Gasteiger partial charge in [-0.2, -0.15) is 0 Å². The van der Waals surface area contributed by atoms with E-state index < -0.39 is 35.5 Å². The molecule has 1 saturated carbocycles. The summed E-state index contributed by atoms with van der Waals surface area (Å²) in [5.74, 6) is -0.0601. The SMILES string of the molecule is COc1ccc(C2O[C@@](C)(C(=O)O)[C@H](C3CC3)N2C(=O)OC(C)(C)C)c(OC)c1. The number of nitrogens with zero attached hydrogens (tertiary/aromatic N) is 1. The summed E-state index contributed by atoms with van der Waals surface area (Å²) in [7, 11) is 3.04. The molecule has 1 N–H and O–H groups in total. The van der Waals surface area contributed by atoms with Gasteiger partial charge in [0.1, 0.15) is 17.1 Å². The van der Waals surface area contributed by atoms with Crippen LogP contribution in [-0.4, -0.2) is 53.5 Å². The number of carbonyl (C=O) groups is 2. The fourth-order valence-electron chi connectivity index (χ4n) is 3.80. The van der Waals surface area contributed by atoms with Crippen molar-refractivity contribution in [1.29, 1.82) is 0 Å². The van der Waals surface area contributed by atoms with Crippen molar-refractivity contribution in [3.8, 4) is 11.5 Å². The molecular formula is C21H29NO7. The van der Waals surface area contributed by atoms with Crippen molar-refractivity contribution in [2.75, 3.05) is 14.2 Å². The van der Waals surface area contributed by atoms with Crippen LogP contribution in [0.1, 0.15) is 52.3 Å². The van der Waals surface area contributed by atoms with Crippen LogP contribution in [0.2, 0.25) is 0 Å². The van der Waals surface area contributed by atoms with Crippen molar-refractivity contribution >= 4 is 12.1 Å². The Morgan fingerprint density at radius 1 is 1.21 bits per heavy atom. The van der Waals surface area contributed by atoms with Crippen molar-refractivity contribution in [1.82, 2.24) is 4.90 Å². The number of ether oxygens (including phenoxy) is 4. The van der Waals surface area contributed by atoms with Gasteiger partial charge < -0.3 is 24.1 Å². The third kappa shape index (κ3) is 3.99. The molecule has 1 heterocycles. The number of hydrogen-bond donors (Lipinski definition) is 1. The van der Waals surface area contributed by atoms with Crippen molar-refractivity contribution < 1.29 is 33.6 Å².